The summed E-state index contributed by atoms with van der Waals surface area (Å²) in [6.45, 7) is 5.44. The molecule has 1 fully saturated rings. The molecule has 0 spiro atoms. The normalized spacial score (nSPS) is 17.9. The molecule has 2 atom stereocenters. The van der Waals surface area contributed by atoms with Crippen molar-refractivity contribution in [2.75, 3.05) is 24.7 Å². The quantitative estimate of drug-likeness (QED) is 0.215. The fraction of sp³-hybridized carbons (Fsp3) is 0.480. The monoisotopic (exact) mass is 503 g/mol. The molecule has 0 aliphatic carbocycles. The second kappa shape index (κ2) is 14.1. The number of aromatic nitrogens is 2. The molecule has 2 heterocycles. The van der Waals surface area contributed by atoms with E-state index in [2.05, 4.69) is 16.1 Å². The highest BCUT2D eigenvalue weighted by molar-refractivity contribution is 8.03. The number of rotatable bonds is 14. The molecular formula is C25H33N3O4S2. The van der Waals surface area contributed by atoms with Gasteiger partial charge in [0, 0.05) is 53.6 Å². The molecular weight excluding hydrogens is 470 g/mol. The van der Waals surface area contributed by atoms with Crippen molar-refractivity contribution in [2.24, 2.45) is 0 Å². The number of nitrogens with zero attached hydrogens (tertiary/aromatic N) is 3. The van der Waals surface area contributed by atoms with Crippen molar-refractivity contribution >= 4 is 35.4 Å². The number of carbonyl (C=O) groups excluding carboxylic acids is 1. The lowest BCUT2D eigenvalue weighted by molar-refractivity contribution is -0.123. The van der Waals surface area contributed by atoms with Gasteiger partial charge in [0.2, 0.25) is 0 Å². The van der Waals surface area contributed by atoms with Gasteiger partial charge in [-0.3, -0.25) is 9.69 Å². The van der Waals surface area contributed by atoms with Crippen LogP contribution in [0.4, 0.5) is 4.79 Å². The van der Waals surface area contributed by atoms with Gasteiger partial charge in [0.1, 0.15) is 18.4 Å². The molecule has 0 bridgehead atoms. The average molecular weight is 504 g/mol. The highest BCUT2D eigenvalue weighted by atomic mass is 32.2. The minimum absolute atomic E-state index is 0.0444. The predicted molar refractivity (Wildman–Crippen MR) is 138 cm³/mol. The molecule has 184 valence electrons. The Bertz CT molecular complexity index is 905. The highest BCUT2D eigenvalue weighted by Crippen LogP contribution is 2.32. The number of Topliss-reactive ketones (excluding diaryl/α,β-unsaturated/α-hetero) is 1. The van der Waals surface area contributed by atoms with Crippen LogP contribution in [0.3, 0.4) is 0 Å². The van der Waals surface area contributed by atoms with Crippen LogP contribution >= 0.6 is 23.5 Å². The Hall–Kier alpha value is -2.39. The van der Waals surface area contributed by atoms with E-state index in [0.717, 1.165) is 42.9 Å². The van der Waals surface area contributed by atoms with Gasteiger partial charge in [0.05, 0.1) is 6.33 Å². The van der Waals surface area contributed by atoms with Gasteiger partial charge in [-0.25, -0.2) is 9.78 Å². The summed E-state index contributed by atoms with van der Waals surface area (Å²) in [5.41, 5.74) is 0. The topological polar surface area (TPSA) is 84.7 Å². The van der Waals surface area contributed by atoms with Crippen molar-refractivity contribution in [3.63, 3.8) is 0 Å². The Kier molecular flexibility index (Phi) is 10.9. The maximum absolute atomic E-state index is 13.1. The average Bonchev–Trinajstić information content (AvgIpc) is 3.37. The molecule has 7 nitrogen and oxygen atoms in total. The van der Waals surface area contributed by atoms with Gasteiger partial charge in [0.25, 0.3) is 0 Å². The fourth-order valence-electron chi connectivity index (χ4n) is 3.95. The lowest BCUT2D eigenvalue weighted by Crippen LogP contribution is -2.54. The zero-order chi connectivity index (χ0) is 24.2. The van der Waals surface area contributed by atoms with Crippen LogP contribution < -0.4 is 4.74 Å². The standard InChI is InChI=1S/C25H33N3O4S2/c1-2-16-32-20-8-10-21(11-9-20)34-18-23-24(28(25(30)31)15-17-33-23)22(29)7-5-3-4-6-13-27-14-12-26-19-27/h2,8-12,14,19,23-24H,1,3-7,13,15-18H2,(H,30,31). The molecule has 2 unspecified atom stereocenters. The lowest BCUT2D eigenvalue weighted by Gasteiger charge is -2.38. The molecule has 1 aromatic carbocycles. The lowest BCUT2D eigenvalue weighted by atomic mass is 10.0. The van der Waals surface area contributed by atoms with Gasteiger partial charge in [-0.05, 0) is 37.1 Å². The largest absolute Gasteiger partial charge is 0.490 e. The van der Waals surface area contributed by atoms with Crippen LogP contribution in [0.2, 0.25) is 0 Å². The first-order chi connectivity index (χ1) is 16.6. The summed E-state index contributed by atoms with van der Waals surface area (Å²) in [6.07, 6.45) is 10.5. The second-order valence-corrected chi connectivity index (χ2v) is 10.6. The van der Waals surface area contributed by atoms with Gasteiger partial charge in [-0.2, -0.15) is 11.8 Å². The summed E-state index contributed by atoms with van der Waals surface area (Å²) in [4.78, 5) is 31.5. The maximum atomic E-state index is 13.1. The number of unbranched alkanes of at least 4 members (excludes halogenated alkanes) is 3. The second-order valence-electron chi connectivity index (χ2n) is 8.14. The third-order valence-corrected chi connectivity index (χ3v) is 8.30. The molecule has 3 rings (SSSR count). The van der Waals surface area contributed by atoms with Crippen molar-refractivity contribution in [1.82, 2.24) is 14.5 Å². The summed E-state index contributed by atoms with van der Waals surface area (Å²) in [5, 5.41) is 9.67. The number of ketones is 1. The number of amides is 1. The Morgan fingerprint density at radius 1 is 1.24 bits per heavy atom. The number of hydrogen-bond acceptors (Lipinski definition) is 6. The smallest absolute Gasteiger partial charge is 0.407 e. The van der Waals surface area contributed by atoms with E-state index in [0.29, 0.717) is 31.1 Å². The van der Waals surface area contributed by atoms with Gasteiger partial charge in [0.15, 0.2) is 5.78 Å². The van der Waals surface area contributed by atoms with Crippen molar-refractivity contribution in [2.45, 2.75) is 54.8 Å². The summed E-state index contributed by atoms with van der Waals surface area (Å²) in [7, 11) is 0. The van der Waals surface area contributed by atoms with Crippen molar-refractivity contribution in [1.29, 1.82) is 0 Å². The van der Waals surface area contributed by atoms with Gasteiger partial charge >= 0.3 is 6.09 Å². The molecule has 1 aromatic heterocycles. The summed E-state index contributed by atoms with van der Waals surface area (Å²) in [5.74, 6) is 2.22. The van der Waals surface area contributed by atoms with E-state index in [4.69, 9.17) is 4.74 Å². The summed E-state index contributed by atoms with van der Waals surface area (Å²) < 4.78 is 7.58. The van der Waals surface area contributed by atoms with E-state index in [1.165, 1.54) is 4.90 Å². The zero-order valence-corrected chi connectivity index (χ0v) is 21.0. The van der Waals surface area contributed by atoms with Crippen LogP contribution in [0, 0.1) is 0 Å². The Morgan fingerprint density at radius 2 is 2.03 bits per heavy atom. The fourth-order valence-corrected chi connectivity index (χ4v) is 6.49. The molecule has 1 aliphatic heterocycles. The van der Waals surface area contributed by atoms with Crippen LogP contribution in [-0.2, 0) is 11.3 Å². The summed E-state index contributed by atoms with van der Waals surface area (Å²) >= 11 is 3.36. The first-order valence-electron chi connectivity index (χ1n) is 11.6. The minimum Gasteiger partial charge on any atom is -0.490 e. The van der Waals surface area contributed by atoms with Gasteiger partial charge in [-0.15, -0.1) is 11.8 Å². The van der Waals surface area contributed by atoms with E-state index in [-0.39, 0.29) is 11.0 Å². The number of carbonyl (C=O) groups is 2. The predicted octanol–water partition coefficient (Wildman–Crippen LogP) is 5.22. The Balaban J connectivity index is 1.49. The molecule has 1 aliphatic rings. The first-order valence-corrected chi connectivity index (χ1v) is 13.7. The molecule has 0 radical (unpaired) electrons. The number of imidazole rings is 1. The van der Waals surface area contributed by atoms with Gasteiger partial charge < -0.3 is 14.4 Å². The molecule has 34 heavy (non-hydrogen) atoms. The molecule has 2 aromatic rings. The third kappa shape index (κ3) is 8.13. The van der Waals surface area contributed by atoms with Crippen molar-refractivity contribution in [3.8, 4) is 5.75 Å². The van der Waals surface area contributed by atoms with E-state index < -0.39 is 12.1 Å². The van der Waals surface area contributed by atoms with Crippen molar-refractivity contribution in [3.05, 3.63) is 55.6 Å². The number of ether oxygens (including phenoxy) is 1. The van der Waals surface area contributed by atoms with Crippen LogP contribution in [0.15, 0.2) is 60.5 Å². The zero-order valence-electron chi connectivity index (χ0n) is 19.4. The van der Waals surface area contributed by atoms with Crippen LogP contribution in [0.1, 0.15) is 32.1 Å². The Labute approximate surface area is 210 Å². The van der Waals surface area contributed by atoms with Crippen LogP contribution in [0.5, 0.6) is 5.75 Å². The summed E-state index contributed by atoms with van der Waals surface area (Å²) in [6, 6.07) is 7.24. The number of hydrogen-bond donors (Lipinski definition) is 1. The van der Waals surface area contributed by atoms with Crippen LogP contribution in [0.25, 0.3) is 0 Å². The first kappa shape index (κ1) is 26.2. The maximum Gasteiger partial charge on any atom is 0.407 e. The molecule has 1 amide bonds. The van der Waals surface area contributed by atoms with Crippen LogP contribution in [-0.4, -0.2) is 67.4 Å². The van der Waals surface area contributed by atoms with E-state index in [1.807, 2.05) is 36.8 Å². The molecule has 1 saturated heterocycles. The van der Waals surface area contributed by atoms with E-state index in [9.17, 15) is 14.7 Å². The number of aryl methyl sites for hydroxylation is 1. The van der Waals surface area contributed by atoms with E-state index in [1.54, 1.807) is 35.8 Å². The Morgan fingerprint density at radius 3 is 2.74 bits per heavy atom. The SMILES string of the molecule is C=CCOc1ccc(SCC2SCCN(C(=O)O)C2C(=O)CCCCCCn2ccnc2)cc1. The molecule has 9 heteroatoms. The third-order valence-electron chi connectivity index (χ3n) is 5.68. The molecule has 0 saturated carbocycles. The highest BCUT2D eigenvalue weighted by Gasteiger charge is 2.39. The minimum atomic E-state index is -1.00. The number of carboxylic acid groups (broad SMARTS) is 1. The molecule has 1 N–H and O–H groups in total. The van der Waals surface area contributed by atoms with E-state index >= 15 is 0 Å². The van der Waals surface area contributed by atoms with Crippen molar-refractivity contribution < 1.29 is 19.4 Å². The number of benzene rings is 1. The number of thioether (sulfide) groups is 2. The van der Waals surface area contributed by atoms with Gasteiger partial charge in [-0.1, -0.05) is 25.5 Å².